The van der Waals surface area contributed by atoms with Gasteiger partial charge in [-0.3, -0.25) is 4.79 Å². The number of rotatable bonds is 4. The first-order valence-electron chi connectivity index (χ1n) is 6.63. The number of amides is 1. The Labute approximate surface area is 147 Å². The molecule has 0 radical (unpaired) electrons. The second-order valence-corrected chi connectivity index (χ2v) is 10.4. The molecule has 0 N–H and O–H groups in total. The van der Waals surface area contributed by atoms with E-state index in [4.69, 9.17) is 23.2 Å². The van der Waals surface area contributed by atoms with Crippen molar-refractivity contribution in [1.82, 2.24) is 9.21 Å². The molecule has 1 aliphatic heterocycles. The standard InChI is InChI=1S/C12H14Cl2N2O3S3/c1-15(7-2-3-7)12(17)8-5-20-6-16(8)22(18,19)9-4-10(13)21-11(9)14/h4,7-8H,2-3,5-6H2,1H3. The monoisotopic (exact) mass is 400 g/mol. The summed E-state index contributed by atoms with van der Waals surface area (Å²) in [6.07, 6.45) is 1.97. The van der Waals surface area contributed by atoms with Crippen molar-refractivity contribution in [1.29, 1.82) is 0 Å². The van der Waals surface area contributed by atoms with Crippen LogP contribution in [0, 0.1) is 0 Å². The Kier molecular flexibility index (Phi) is 4.70. The Bertz CT molecular complexity index is 702. The van der Waals surface area contributed by atoms with E-state index >= 15 is 0 Å². The molecule has 1 saturated carbocycles. The van der Waals surface area contributed by atoms with Crippen LogP contribution in [-0.4, -0.2) is 54.3 Å². The average Bonchev–Trinajstić information content (AvgIpc) is 3.07. The van der Waals surface area contributed by atoms with Gasteiger partial charge < -0.3 is 4.90 Å². The lowest BCUT2D eigenvalue weighted by Crippen LogP contribution is -2.48. The summed E-state index contributed by atoms with van der Waals surface area (Å²) in [5, 5.41) is 0. The largest absolute Gasteiger partial charge is 0.341 e. The zero-order valence-electron chi connectivity index (χ0n) is 11.7. The molecule has 1 aromatic rings. The first-order chi connectivity index (χ1) is 10.3. The SMILES string of the molecule is CN(C(=O)C1CSCN1S(=O)(=O)c1cc(Cl)sc1Cl)C1CC1. The van der Waals surface area contributed by atoms with Gasteiger partial charge in [-0.1, -0.05) is 23.2 Å². The summed E-state index contributed by atoms with van der Waals surface area (Å²) in [6.45, 7) is 0. The molecule has 1 aromatic heterocycles. The number of halogens is 2. The van der Waals surface area contributed by atoms with Crippen LogP contribution in [0.5, 0.6) is 0 Å². The summed E-state index contributed by atoms with van der Waals surface area (Å²) in [5.74, 6) is 0.569. The predicted molar refractivity (Wildman–Crippen MR) is 90.3 cm³/mol. The van der Waals surface area contributed by atoms with Crippen molar-refractivity contribution >= 4 is 62.2 Å². The maximum Gasteiger partial charge on any atom is 0.246 e. The first kappa shape index (κ1) is 16.9. The third-order valence-electron chi connectivity index (χ3n) is 3.78. The number of carbonyl (C=O) groups is 1. The molecule has 2 aliphatic rings. The lowest BCUT2D eigenvalue weighted by molar-refractivity contribution is -0.133. The van der Waals surface area contributed by atoms with E-state index in [1.165, 1.54) is 22.1 Å². The van der Waals surface area contributed by atoms with Gasteiger partial charge in [-0.05, 0) is 18.9 Å². The van der Waals surface area contributed by atoms with Gasteiger partial charge in [0.25, 0.3) is 0 Å². The molecule has 22 heavy (non-hydrogen) atoms. The van der Waals surface area contributed by atoms with Gasteiger partial charge in [0.05, 0.1) is 10.2 Å². The fraction of sp³-hybridized carbons (Fsp3) is 0.583. The van der Waals surface area contributed by atoms with E-state index in [9.17, 15) is 13.2 Å². The van der Waals surface area contributed by atoms with Gasteiger partial charge >= 0.3 is 0 Å². The summed E-state index contributed by atoms with van der Waals surface area (Å²) >= 11 is 14.3. The Morgan fingerprint density at radius 3 is 2.64 bits per heavy atom. The van der Waals surface area contributed by atoms with Crippen molar-refractivity contribution in [2.24, 2.45) is 0 Å². The summed E-state index contributed by atoms with van der Waals surface area (Å²) in [4.78, 5) is 14.2. The second kappa shape index (κ2) is 6.14. The zero-order chi connectivity index (χ0) is 16.1. The number of thioether (sulfide) groups is 1. The molecule has 0 spiro atoms. The lowest BCUT2D eigenvalue weighted by atomic mass is 10.3. The van der Waals surface area contributed by atoms with E-state index in [0.29, 0.717) is 10.1 Å². The van der Waals surface area contributed by atoms with Crippen LogP contribution in [-0.2, 0) is 14.8 Å². The van der Waals surface area contributed by atoms with Gasteiger partial charge in [0.2, 0.25) is 15.9 Å². The van der Waals surface area contributed by atoms with Crippen molar-refractivity contribution in [2.45, 2.75) is 29.8 Å². The highest BCUT2D eigenvalue weighted by atomic mass is 35.5. The van der Waals surface area contributed by atoms with Crippen molar-refractivity contribution in [2.75, 3.05) is 18.7 Å². The minimum Gasteiger partial charge on any atom is -0.341 e. The van der Waals surface area contributed by atoms with Crippen LogP contribution in [0.15, 0.2) is 11.0 Å². The highest BCUT2D eigenvalue weighted by Gasteiger charge is 2.44. The second-order valence-electron chi connectivity index (χ2n) is 5.28. The normalized spacial score (nSPS) is 23.0. The van der Waals surface area contributed by atoms with Gasteiger partial charge in [0.15, 0.2) is 0 Å². The number of thiophene rings is 1. The van der Waals surface area contributed by atoms with Crippen molar-refractivity contribution in [3.8, 4) is 0 Å². The van der Waals surface area contributed by atoms with Crippen LogP contribution in [0.25, 0.3) is 0 Å². The number of hydrogen-bond acceptors (Lipinski definition) is 5. The Hall–Kier alpha value is 0.01000. The molecule has 1 aliphatic carbocycles. The summed E-state index contributed by atoms with van der Waals surface area (Å²) in [5.41, 5.74) is 0. The van der Waals surface area contributed by atoms with E-state index in [2.05, 4.69) is 0 Å². The number of sulfonamides is 1. The molecule has 0 bridgehead atoms. The fourth-order valence-electron chi connectivity index (χ4n) is 2.36. The molecular formula is C12H14Cl2N2O3S3. The van der Waals surface area contributed by atoms with Gasteiger partial charge in [0, 0.05) is 18.8 Å². The van der Waals surface area contributed by atoms with Gasteiger partial charge in [0.1, 0.15) is 15.3 Å². The van der Waals surface area contributed by atoms with E-state index in [0.717, 1.165) is 24.2 Å². The van der Waals surface area contributed by atoms with Crippen molar-refractivity contribution in [3.05, 3.63) is 14.7 Å². The lowest BCUT2D eigenvalue weighted by Gasteiger charge is -2.26. The summed E-state index contributed by atoms with van der Waals surface area (Å²) < 4.78 is 27.3. The van der Waals surface area contributed by atoms with E-state index < -0.39 is 16.1 Å². The Morgan fingerprint density at radius 1 is 1.41 bits per heavy atom. The first-order valence-corrected chi connectivity index (χ1v) is 10.8. The van der Waals surface area contributed by atoms with Crippen LogP contribution >= 0.6 is 46.3 Å². The van der Waals surface area contributed by atoms with Crippen molar-refractivity contribution in [3.63, 3.8) is 0 Å². The van der Waals surface area contributed by atoms with Crippen molar-refractivity contribution < 1.29 is 13.2 Å². The molecule has 1 saturated heterocycles. The van der Waals surface area contributed by atoms with Gasteiger partial charge in [-0.25, -0.2) is 8.42 Å². The third kappa shape index (κ3) is 3.01. The van der Waals surface area contributed by atoms with Gasteiger partial charge in [-0.2, -0.15) is 4.31 Å². The number of carbonyl (C=O) groups excluding carboxylic acids is 1. The third-order valence-corrected chi connectivity index (χ3v) is 8.56. The van der Waals surface area contributed by atoms with Crippen LogP contribution in [0.3, 0.4) is 0 Å². The summed E-state index contributed by atoms with van der Waals surface area (Å²) in [6, 6.07) is 0.927. The molecule has 2 fully saturated rings. The fourth-order valence-corrected chi connectivity index (χ4v) is 7.61. The molecule has 0 aromatic carbocycles. The van der Waals surface area contributed by atoms with Crippen LogP contribution in [0.1, 0.15) is 12.8 Å². The molecule has 1 amide bonds. The zero-order valence-corrected chi connectivity index (χ0v) is 15.6. The highest BCUT2D eigenvalue weighted by Crippen LogP contribution is 2.39. The molecule has 1 unspecified atom stereocenters. The quantitative estimate of drug-likeness (QED) is 0.779. The smallest absolute Gasteiger partial charge is 0.246 e. The van der Waals surface area contributed by atoms with E-state index in [-0.39, 0.29) is 27.1 Å². The number of hydrogen-bond donors (Lipinski definition) is 0. The highest BCUT2D eigenvalue weighted by molar-refractivity contribution is 8.00. The maximum absolute atomic E-state index is 12.8. The molecule has 5 nitrogen and oxygen atoms in total. The average molecular weight is 401 g/mol. The van der Waals surface area contributed by atoms with Crippen LogP contribution in [0.4, 0.5) is 0 Å². The molecular weight excluding hydrogens is 387 g/mol. The minimum absolute atomic E-state index is 0.0152. The van der Waals surface area contributed by atoms with E-state index in [1.807, 2.05) is 0 Å². The Morgan fingerprint density at radius 2 is 2.09 bits per heavy atom. The number of likely N-dealkylation sites (N-methyl/N-ethyl adjacent to an activating group) is 1. The summed E-state index contributed by atoms with van der Waals surface area (Å²) in [7, 11) is -2.08. The van der Waals surface area contributed by atoms with Crippen LogP contribution < -0.4 is 0 Å². The predicted octanol–water partition coefficient (Wildman–Crippen LogP) is 2.74. The number of nitrogens with zero attached hydrogens (tertiary/aromatic N) is 2. The Balaban J connectivity index is 1.88. The minimum atomic E-state index is -3.82. The van der Waals surface area contributed by atoms with Crippen LogP contribution in [0.2, 0.25) is 8.67 Å². The molecule has 3 rings (SSSR count). The molecule has 122 valence electrons. The maximum atomic E-state index is 12.8. The van der Waals surface area contributed by atoms with Gasteiger partial charge in [-0.15, -0.1) is 23.1 Å². The van der Waals surface area contributed by atoms with E-state index in [1.54, 1.807) is 11.9 Å². The topological polar surface area (TPSA) is 57.7 Å². The molecule has 2 heterocycles. The molecule has 1 atom stereocenters. The molecule has 10 heteroatoms.